The fourth-order valence-corrected chi connectivity index (χ4v) is 7.09. The van der Waals surface area contributed by atoms with Crippen LogP contribution >= 0.6 is 11.6 Å². The molecule has 0 atom stereocenters. The fraction of sp³-hybridized carbons (Fsp3) is 0.350. The number of esters is 1. The summed E-state index contributed by atoms with van der Waals surface area (Å²) in [5.41, 5.74) is -0.781. The molecule has 0 aliphatic rings. The van der Waals surface area contributed by atoms with Crippen LogP contribution in [0.25, 0.3) is 0 Å². The van der Waals surface area contributed by atoms with Gasteiger partial charge in [-0.1, -0.05) is 43.6 Å². The SMILES string of the molecule is CCCS(=O)(=O)N(c1ccc(Cl)c(COC(=O)c2ccccc2)c1F)S(=O)(=O)CCC. The summed E-state index contributed by atoms with van der Waals surface area (Å²) in [6.45, 7) is 2.52. The smallest absolute Gasteiger partial charge is 0.338 e. The summed E-state index contributed by atoms with van der Waals surface area (Å²) < 4.78 is 71.4. The van der Waals surface area contributed by atoms with Gasteiger partial charge in [0, 0.05) is 5.56 Å². The van der Waals surface area contributed by atoms with Gasteiger partial charge in [0.15, 0.2) is 5.82 Å². The van der Waals surface area contributed by atoms with E-state index in [2.05, 4.69) is 0 Å². The molecule has 0 radical (unpaired) electrons. The Morgan fingerprint density at radius 2 is 1.52 bits per heavy atom. The van der Waals surface area contributed by atoms with Gasteiger partial charge in [-0.25, -0.2) is 26.0 Å². The zero-order valence-corrected chi connectivity index (χ0v) is 19.4. The lowest BCUT2D eigenvalue weighted by atomic mass is 10.2. The number of rotatable bonds is 10. The third kappa shape index (κ3) is 5.96. The molecule has 0 unspecified atom stereocenters. The van der Waals surface area contributed by atoms with Crippen molar-refractivity contribution in [3.63, 3.8) is 0 Å². The van der Waals surface area contributed by atoms with Crippen LogP contribution in [0.2, 0.25) is 5.02 Å². The van der Waals surface area contributed by atoms with Gasteiger partial charge in [0.2, 0.25) is 20.0 Å². The van der Waals surface area contributed by atoms with E-state index in [1.807, 2.05) is 0 Å². The van der Waals surface area contributed by atoms with E-state index >= 15 is 4.39 Å². The van der Waals surface area contributed by atoms with Gasteiger partial charge in [-0.15, -0.1) is 0 Å². The minimum atomic E-state index is -4.38. The first-order chi connectivity index (χ1) is 14.5. The van der Waals surface area contributed by atoms with Gasteiger partial charge < -0.3 is 4.74 Å². The normalized spacial score (nSPS) is 11.9. The maximum Gasteiger partial charge on any atom is 0.338 e. The Bertz CT molecular complexity index is 1100. The highest BCUT2D eigenvalue weighted by atomic mass is 35.5. The van der Waals surface area contributed by atoms with Crippen LogP contribution in [-0.2, 0) is 31.4 Å². The summed E-state index contributed by atoms with van der Waals surface area (Å²) in [6.07, 6.45) is 0.272. The Hall–Kier alpha value is -2.17. The Morgan fingerprint density at radius 3 is 2.03 bits per heavy atom. The molecule has 0 heterocycles. The number of benzene rings is 2. The minimum absolute atomic E-state index is 0.126. The van der Waals surface area contributed by atoms with E-state index in [9.17, 15) is 21.6 Å². The number of ether oxygens (including phenoxy) is 1. The fourth-order valence-electron chi connectivity index (χ4n) is 2.81. The summed E-state index contributed by atoms with van der Waals surface area (Å²) >= 11 is 6.04. The molecule has 0 saturated heterocycles. The van der Waals surface area contributed by atoms with Gasteiger partial charge >= 0.3 is 5.97 Å². The molecule has 2 aromatic carbocycles. The number of anilines is 1. The molecule has 11 heteroatoms. The Morgan fingerprint density at radius 1 is 0.968 bits per heavy atom. The van der Waals surface area contributed by atoms with Crippen LogP contribution in [0.3, 0.4) is 0 Å². The van der Waals surface area contributed by atoms with Crippen LogP contribution in [-0.4, -0.2) is 34.3 Å². The molecule has 2 rings (SSSR count). The van der Waals surface area contributed by atoms with Gasteiger partial charge in [-0.2, -0.15) is 3.71 Å². The Balaban J connectivity index is 2.49. The van der Waals surface area contributed by atoms with Crippen molar-refractivity contribution in [3.05, 3.63) is 64.4 Å². The third-order valence-corrected chi connectivity index (χ3v) is 9.12. The lowest BCUT2D eigenvalue weighted by Crippen LogP contribution is -2.40. The number of carbonyl (C=O) groups is 1. The van der Waals surface area contributed by atoms with Crippen molar-refractivity contribution in [2.45, 2.75) is 33.3 Å². The summed E-state index contributed by atoms with van der Waals surface area (Å²) in [7, 11) is -8.75. The second-order valence-corrected chi connectivity index (χ2v) is 11.1. The number of hydrogen-bond donors (Lipinski definition) is 0. The maximum atomic E-state index is 15.3. The number of nitrogens with zero attached hydrogens (tertiary/aromatic N) is 1. The molecule has 0 saturated carbocycles. The molecule has 0 amide bonds. The van der Waals surface area contributed by atoms with Crippen molar-refractivity contribution in [1.29, 1.82) is 0 Å². The molecule has 0 bridgehead atoms. The molecular formula is C20H23ClFNO6S2. The van der Waals surface area contributed by atoms with E-state index < -0.39 is 55.6 Å². The molecule has 31 heavy (non-hydrogen) atoms. The number of hydrogen-bond acceptors (Lipinski definition) is 6. The van der Waals surface area contributed by atoms with Crippen molar-refractivity contribution in [2.75, 3.05) is 15.2 Å². The van der Waals surface area contributed by atoms with E-state index in [0.29, 0.717) is 0 Å². The zero-order valence-electron chi connectivity index (χ0n) is 17.0. The van der Waals surface area contributed by atoms with Crippen molar-refractivity contribution < 1.29 is 30.8 Å². The topological polar surface area (TPSA) is 97.8 Å². The van der Waals surface area contributed by atoms with E-state index in [1.165, 1.54) is 18.2 Å². The molecule has 0 N–H and O–H groups in total. The van der Waals surface area contributed by atoms with Gasteiger partial charge in [0.1, 0.15) is 12.3 Å². The lowest BCUT2D eigenvalue weighted by molar-refractivity contribution is 0.0469. The van der Waals surface area contributed by atoms with Crippen LogP contribution < -0.4 is 3.71 Å². The third-order valence-electron chi connectivity index (χ3n) is 4.15. The predicted octanol–water partition coefficient (Wildman–Crippen LogP) is 4.12. The van der Waals surface area contributed by atoms with Gasteiger partial charge in [0.25, 0.3) is 0 Å². The largest absolute Gasteiger partial charge is 0.457 e. The van der Waals surface area contributed by atoms with Crippen molar-refractivity contribution in [3.8, 4) is 0 Å². The van der Waals surface area contributed by atoms with Gasteiger partial charge in [0.05, 0.1) is 22.1 Å². The average molecular weight is 492 g/mol. The summed E-state index contributed by atoms with van der Waals surface area (Å²) in [6, 6.07) is 10.1. The van der Waals surface area contributed by atoms with Crippen LogP contribution in [0.5, 0.6) is 0 Å². The number of halogens is 2. The summed E-state index contributed by atoms with van der Waals surface area (Å²) in [5.74, 6) is -2.91. The molecule has 0 aliphatic heterocycles. The van der Waals surface area contributed by atoms with Crippen LogP contribution in [0.1, 0.15) is 42.6 Å². The highest BCUT2D eigenvalue weighted by molar-refractivity contribution is 8.10. The molecule has 0 aromatic heterocycles. The highest BCUT2D eigenvalue weighted by Crippen LogP contribution is 2.33. The quantitative estimate of drug-likeness (QED) is 0.463. The predicted molar refractivity (Wildman–Crippen MR) is 118 cm³/mol. The Kier molecular flexibility index (Phi) is 8.44. The van der Waals surface area contributed by atoms with E-state index in [4.69, 9.17) is 16.3 Å². The van der Waals surface area contributed by atoms with Crippen LogP contribution in [0.15, 0.2) is 42.5 Å². The molecule has 0 aliphatic carbocycles. The molecule has 7 nitrogen and oxygen atoms in total. The lowest BCUT2D eigenvalue weighted by Gasteiger charge is -2.25. The standard InChI is InChI=1S/C20H23ClFNO6S2/c1-3-12-30(25,26)23(31(27,28)13-4-2)18-11-10-17(21)16(19(18)22)14-29-20(24)15-8-6-5-7-9-15/h5-11H,3-4,12-14H2,1-2H3. The molecule has 0 fully saturated rings. The van der Waals surface area contributed by atoms with Crippen LogP contribution in [0, 0.1) is 5.82 Å². The number of sulfonamides is 2. The second kappa shape index (κ2) is 10.4. The first-order valence-corrected chi connectivity index (χ1v) is 13.1. The molecule has 170 valence electrons. The second-order valence-electron chi connectivity index (χ2n) is 6.63. The van der Waals surface area contributed by atoms with Crippen molar-refractivity contribution >= 4 is 43.3 Å². The number of carbonyl (C=O) groups excluding carboxylic acids is 1. The Labute approximate surface area is 186 Å². The highest BCUT2D eigenvalue weighted by Gasteiger charge is 2.36. The average Bonchev–Trinajstić information content (AvgIpc) is 2.70. The molecule has 2 aromatic rings. The first kappa shape index (κ1) is 25.1. The van der Waals surface area contributed by atoms with Crippen molar-refractivity contribution in [1.82, 2.24) is 0 Å². The van der Waals surface area contributed by atoms with E-state index in [-0.39, 0.29) is 32.7 Å². The van der Waals surface area contributed by atoms with E-state index in [1.54, 1.807) is 32.0 Å². The van der Waals surface area contributed by atoms with E-state index in [0.717, 1.165) is 6.07 Å². The van der Waals surface area contributed by atoms with Gasteiger partial charge in [-0.05, 0) is 37.1 Å². The van der Waals surface area contributed by atoms with Gasteiger partial charge in [-0.3, -0.25) is 0 Å². The van der Waals surface area contributed by atoms with Crippen LogP contribution in [0.4, 0.5) is 10.1 Å². The monoisotopic (exact) mass is 491 g/mol. The summed E-state index contributed by atoms with van der Waals surface area (Å²) in [4.78, 5) is 12.2. The maximum absolute atomic E-state index is 15.3. The molecular weight excluding hydrogens is 469 g/mol. The van der Waals surface area contributed by atoms with Crippen molar-refractivity contribution in [2.24, 2.45) is 0 Å². The zero-order chi connectivity index (χ0) is 23.2. The first-order valence-electron chi connectivity index (χ1n) is 9.50. The summed E-state index contributed by atoms with van der Waals surface area (Å²) in [5, 5.41) is -0.136. The minimum Gasteiger partial charge on any atom is -0.457 e. The molecule has 0 spiro atoms.